The van der Waals surface area contributed by atoms with Crippen LogP contribution in [0.25, 0.3) is 16.8 Å². The van der Waals surface area contributed by atoms with E-state index in [1.165, 1.54) is 6.92 Å². The molecule has 1 aliphatic rings. The summed E-state index contributed by atoms with van der Waals surface area (Å²) in [6.07, 6.45) is 1.77. The van der Waals surface area contributed by atoms with Gasteiger partial charge in [0, 0.05) is 0 Å². The molecule has 1 fully saturated rings. The molecule has 1 heterocycles. The fraction of sp³-hybridized carbons (Fsp3) is 0.118. The predicted molar refractivity (Wildman–Crippen MR) is 96.1 cm³/mol. The first-order valence-electron chi connectivity index (χ1n) is 6.96. The minimum atomic E-state index is -1.08. The van der Waals surface area contributed by atoms with E-state index in [4.69, 9.17) is 17.3 Å². The van der Waals surface area contributed by atoms with Gasteiger partial charge in [-0.25, -0.2) is 4.79 Å². The Labute approximate surface area is 142 Å². The number of carboxylic acid groups (broad SMARTS) is 1. The molecule has 3 rings (SSSR count). The highest BCUT2D eigenvalue weighted by Crippen LogP contribution is 2.35. The Hall–Kier alpha value is -2.18. The van der Waals surface area contributed by atoms with Crippen LogP contribution in [-0.4, -0.2) is 32.2 Å². The second kappa shape index (κ2) is 6.14. The summed E-state index contributed by atoms with van der Waals surface area (Å²) >= 11 is 6.30. The summed E-state index contributed by atoms with van der Waals surface area (Å²) in [4.78, 5) is 25.2. The molecule has 4 nitrogen and oxygen atoms in total. The number of nitrogens with zero attached hydrogens (tertiary/aromatic N) is 1. The van der Waals surface area contributed by atoms with Crippen LogP contribution in [0, 0.1) is 0 Å². The first-order chi connectivity index (χ1) is 11.0. The molecule has 0 aromatic heterocycles. The van der Waals surface area contributed by atoms with E-state index in [0.29, 0.717) is 4.91 Å². The normalized spacial score (nSPS) is 18.0. The van der Waals surface area contributed by atoms with Crippen LogP contribution in [0.2, 0.25) is 0 Å². The molecule has 1 aliphatic heterocycles. The van der Waals surface area contributed by atoms with Gasteiger partial charge >= 0.3 is 5.97 Å². The van der Waals surface area contributed by atoms with Crippen LogP contribution >= 0.6 is 24.0 Å². The monoisotopic (exact) mass is 343 g/mol. The highest BCUT2D eigenvalue weighted by Gasteiger charge is 2.38. The van der Waals surface area contributed by atoms with E-state index in [0.717, 1.165) is 33.0 Å². The summed E-state index contributed by atoms with van der Waals surface area (Å²) in [7, 11) is 0. The molecule has 1 atom stereocenters. The summed E-state index contributed by atoms with van der Waals surface area (Å²) in [5.41, 5.74) is 0.909. The van der Waals surface area contributed by atoms with Gasteiger partial charge in [0.15, 0.2) is 0 Å². The summed E-state index contributed by atoms with van der Waals surface area (Å²) in [5.74, 6) is -1.43. The molecule has 1 unspecified atom stereocenters. The van der Waals surface area contributed by atoms with Crippen molar-refractivity contribution in [1.29, 1.82) is 0 Å². The zero-order valence-electron chi connectivity index (χ0n) is 12.2. The van der Waals surface area contributed by atoms with Gasteiger partial charge in [0.25, 0.3) is 5.91 Å². The van der Waals surface area contributed by atoms with Crippen LogP contribution < -0.4 is 0 Å². The lowest BCUT2D eigenvalue weighted by Crippen LogP contribution is -2.41. The molecule has 2 aromatic carbocycles. The maximum Gasteiger partial charge on any atom is 0.326 e. The first-order valence-corrected chi connectivity index (χ1v) is 8.19. The second-order valence-corrected chi connectivity index (χ2v) is 6.81. The van der Waals surface area contributed by atoms with Gasteiger partial charge in [-0.3, -0.25) is 9.69 Å². The quantitative estimate of drug-likeness (QED) is 0.683. The minimum Gasteiger partial charge on any atom is -0.480 e. The Morgan fingerprint density at radius 3 is 2.70 bits per heavy atom. The van der Waals surface area contributed by atoms with Crippen molar-refractivity contribution in [2.75, 3.05) is 0 Å². The molecule has 0 aliphatic carbocycles. The van der Waals surface area contributed by atoms with Crippen molar-refractivity contribution in [3.8, 4) is 0 Å². The lowest BCUT2D eigenvalue weighted by atomic mass is 10.0. The summed E-state index contributed by atoms with van der Waals surface area (Å²) < 4.78 is 0.274. The third-order valence-corrected chi connectivity index (χ3v) is 5.01. The SMILES string of the molecule is CC(C(=O)O)N1C(=O)C(=Cc2cccc3ccccc23)SC1=S. The minimum absolute atomic E-state index is 0.274. The molecule has 116 valence electrons. The van der Waals surface area contributed by atoms with Crippen molar-refractivity contribution in [3.05, 3.63) is 52.9 Å². The zero-order chi connectivity index (χ0) is 16.6. The van der Waals surface area contributed by atoms with E-state index in [1.54, 1.807) is 6.08 Å². The van der Waals surface area contributed by atoms with E-state index in [2.05, 4.69) is 0 Å². The molecule has 1 amide bonds. The van der Waals surface area contributed by atoms with Crippen molar-refractivity contribution < 1.29 is 14.7 Å². The Bertz CT molecular complexity index is 855. The lowest BCUT2D eigenvalue weighted by molar-refractivity contribution is -0.144. The van der Waals surface area contributed by atoms with Crippen LogP contribution in [-0.2, 0) is 9.59 Å². The Morgan fingerprint density at radius 1 is 1.26 bits per heavy atom. The van der Waals surface area contributed by atoms with E-state index in [1.807, 2.05) is 42.5 Å². The average molecular weight is 343 g/mol. The van der Waals surface area contributed by atoms with E-state index >= 15 is 0 Å². The van der Waals surface area contributed by atoms with Gasteiger partial charge in [0.05, 0.1) is 4.91 Å². The van der Waals surface area contributed by atoms with Crippen LogP contribution in [0.5, 0.6) is 0 Å². The molecular formula is C17H13NO3S2. The Kier molecular flexibility index (Phi) is 4.19. The maximum absolute atomic E-state index is 12.5. The number of carbonyl (C=O) groups is 2. The lowest BCUT2D eigenvalue weighted by Gasteiger charge is -2.18. The van der Waals surface area contributed by atoms with E-state index < -0.39 is 12.0 Å². The predicted octanol–water partition coefficient (Wildman–Crippen LogP) is 3.51. The van der Waals surface area contributed by atoms with Gasteiger partial charge in [0.1, 0.15) is 10.4 Å². The molecular weight excluding hydrogens is 330 g/mol. The van der Waals surface area contributed by atoms with Gasteiger partial charge in [-0.2, -0.15) is 0 Å². The van der Waals surface area contributed by atoms with Crippen LogP contribution in [0.3, 0.4) is 0 Å². The van der Waals surface area contributed by atoms with Crippen LogP contribution in [0.15, 0.2) is 47.4 Å². The second-order valence-electron chi connectivity index (χ2n) is 5.13. The van der Waals surface area contributed by atoms with Crippen molar-refractivity contribution in [1.82, 2.24) is 4.90 Å². The largest absolute Gasteiger partial charge is 0.480 e. The fourth-order valence-electron chi connectivity index (χ4n) is 2.44. The van der Waals surface area contributed by atoms with E-state index in [9.17, 15) is 9.59 Å². The van der Waals surface area contributed by atoms with Crippen molar-refractivity contribution in [2.45, 2.75) is 13.0 Å². The summed E-state index contributed by atoms with van der Waals surface area (Å²) in [6, 6.07) is 12.8. The third-order valence-electron chi connectivity index (χ3n) is 3.68. The molecule has 1 N–H and O–H groups in total. The average Bonchev–Trinajstić information content (AvgIpc) is 2.81. The number of aliphatic carboxylic acids is 1. The topological polar surface area (TPSA) is 57.6 Å². The van der Waals surface area contributed by atoms with Crippen LogP contribution in [0.1, 0.15) is 12.5 Å². The number of hydrogen-bond donors (Lipinski definition) is 1. The first kappa shape index (κ1) is 15.7. The molecule has 0 radical (unpaired) electrons. The molecule has 6 heteroatoms. The smallest absolute Gasteiger partial charge is 0.326 e. The number of fused-ring (bicyclic) bond motifs is 1. The molecule has 0 saturated carbocycles. The molecule has 2 aromatic rings. The van der Waals surface area contributed by atoms with Gasteiger partial charge in [-0.15, -0.1) is 0 Å². The number of hydrogen-bond acceptors (Lipinski definition) is 4. The van der Waals surface area contributed by atoms with Crippen LogP contribution in [0.4, 0.5) is 0 Å². The summed E-state index contributed by atoms with van der Waals surface area (Å²) in [6.45, 7) is 1.45. The van der Waals surface area contributed by atoms with E-state index in [-0.39, 0.29) is 10.2 Å². The van der Waals surface area contributed by atoms with Crippen molar-refractivity contribution in [3.63, 3.8) is 0 Å². The van der Waals surface area contributed by atoms with Gasteiger partial charge in [0.2, 0.25) is 0 Å². The number of rotatable bonds is 3. The highest BCUT2D eigenvalue weighted by atomic mass is 32.2. The van der Waals surface area contributed by atoms with Gasteiger partial charge in [-0.05, 0) is 29.3 Å². The maximum atomic E-state index is 12.5. The number of amides is 1. The highest BCUT2D eigenvalue weighted by molar-refractivity contribution is 8.26. The number of benzene rings is 2. The third kappa shape index (κ3) is 2.87. The molecule has 23 heavy (non-hydrogen) atoms. The number of thiocarbonyl (C=S) groups is 1. The number of carboxylic acids is 1. The zero-order valence-corrected chi connectivity index (χ0v) is 13.9. The summed E-state index contributed by atoms with van der Waals surface area (Å²) in [5, 5.41) is 11.2. The number of carbonyl (C=O) groups excluding carboxylic acids is 1. The molecule has 1 saturated heterocycles. The van der Waals surface area contributed by atoms with Crippen molar-refractivity contribution >= 4 is 57.0 Å². The molecule has 0 bridgehead atoms. The van der Waals surface area contributed by atoms with Gasteiger partial charge < -0.3 is 5.11 Å². The number of thioether (sulfide) groups is 1. The Balaban J connectivity index is 2.02. The fourth-order valence-corrected chi connectivity index (χ4v) is 3.85. The Morgan fingerprint density at radius 2 is 1.96 bits per heavy atom. The van der Waals surface area contributed by atoms with Crippen molar-refractivity contribution in [2.24, 2.45) is 0 Å². The standard InChI is InChI=1S/C17H13NO3S2/c1-10(16(20)21)18-15(19)14(23-17(18)22)9-12-7-4-6-11-5-2-3-8-13(11)12/h2-10H,1H3,(H,20,21). The van der Waals surface area contributed by atoms with Gasteiger partial charge in [-0.1, -0.05) is 66.4 Å². The molecule has 0 spiro atoms.